The molecular weight excluding hydrogens is 362 g/mol. The van der Waals surface area contributed by atoms with Gasteiger partial charge in [0.15, 0.2) is 0 Å². The van der Waals surface area contributed by atoms with Gasteiger partial charge in [0.1, 0.15) is 29.5 Å². The van der Waals surface area contributed by atoms with Crippen LogP contribution in [0.5, 0.6) is 17.2 Å². The Morgan fingerprint density at radius 2 is 1.93 bits per heavy atom. The van der Waals surface area contributed by atoms with Crippen molar-refractivity contribution in [2.24, 2.45) is 0 Å². The molecule has 0 bridgehead atoms. The first-order valence-electron chi connectivity index (χ1n) is 9.10. The van der Waals surface area contributed by atoms with E-state index in [2.05, 4.69) is 0 Å². The smallest absolute Gasteiger partial charge is 0.269 e. The summed E-state index contributed by atoms with van der Waals surface area (Å²) in [6, 6.07) is 9.16. The summed E-state index contributed by atoms with van der Waals surface area (Å²) in [7, 11) is 0. The number of aliphatic hydroxyl groups is 1. The molecule has 1 aliphatic heterocycles. The van der Waals surface area contributed by atoms with Crippen LogP contribution in [-0.2, 0) is 5.41 Å². The summed E-state index contributed by atoms with van der Waals surface area (Å²) in [5.41, 5.74) is 0.209. The second kappa shape index (κ2) is 6.98. The van der Waals surface area contributed by atoms with Gasteiger partial charge in [0.25, 0.3) is 5.69 Å². The van der Waals surface area contributed by atoms with Crippen molar-refractivity contribution < 1.29 is 24.6 Å². The molecule has 0 radical (unpaired) electrons. The van der Waals surface area contributed by atoms with E-state index < -0.39 is 16.6 Å². The lowest BCUT2D eigenvalue weighted by atomic mass is 9.83. The molecule has 2 aromatic rings. The number of nitrogens with zero attached hydrogens (tertiary/aromatic N) is 1. The summed E-state index contributed by atoms with van der Waals surface area (Å²) in [4.78, 5) is 10.3. The van der Waals surface area contributed by atoms with Crippen LogP contribution < -0.4 is 9.47 Å². The van der Waals surface area contributed by atoms with E-state index >= 15 is 0 Å². The van der Waals surface area contributed by atoms with Crippen LogP contribution in [0.2, 0.25) is 0 Å². The Morgan fingerprint density at radius 1 is 1.29 bits per heavy atom. The van der Waals surface area contributed by atoms with Gasteiger partial charge in [0, 0.05) is 29.7 Å². The molecule has 0 amide bonds. The molecule has 2 aromatic carbocycles. The van der Waals surface area contributed by atoms with Crippen LogP contribution in [0.4, 0.5) is 5.69 Å². The first-order valence-corrected chi connectivity index (χ1v) is 9.10. The summed E-state index contributed by atoms with van der Waals surface area (Å²) in [6.45, 7) is 7.97. The van der Waals surface area contributed by atoms with Gasteiger partial charge in [0.2, 0.25) is 0 Å². The number of phenolic OH excluding ortho intramolecular Hbond substituents is 1. The van der Waals surface area contributed by atoms with E-state index in [0.29, 0.717) is 23.5 Å². The van der Waals surface area contributed by atoms with Gasteiger partial charge in [-0.3, -0.25) is 10.1 Å². The number of hydrogen-bond donors (Lipinski definition) is 2. The Labute approximate surface area is 163 Å². The number of phenols is 1. The van der Waals surface area contributed by atoms with Crippen LogP contribution in [0.3, 0.4) is 0 Å². The average Bonchev–Trinajstić information content (AvgIpc) is 2.60. The second-order valence-electron chi connectivity index (χ2n) is 8.47. The minimum atomic E-state index is -0.797. The average molecular weight is 387 g/mol. The minimum absolute atomic E-state index is 0.00801. The maximum atomic E-state index is 10.7. The first-order chi connectivity index (χ1) is 13.0. The van der Waals surface area contributed by atoms with Crippen molar-refractivity contribution in [2.45, 2.75) is 51.2 Å². The number of nitro groups is 1. The van der Waals surface area contributed by atoms with E-state index in [1.807, 2.05) is 27.7 Å². The van der Waals surface area contributed by atoms with Crippen molar-refractivity contribution >= 4 is 5.69 Å². The van der Waals surface area contributed by atoms with E-state index in [4.69, 9.17) is 9.47 Å². The molecule has 0 saturated heterocycles. The molecule has 2 N–H and O–H groups in total. The third kappa shape index (κ3) is 4.04. The standard InChI is InChI=1S/C21H25NO6/c1-20(2,3)16-10-19-15(9-17(16)23)18(24)11-21(4,28-19)12-27-14-7-5-13(6-8-14)22(25)26/h5-10,18,23-24H,11-12H2,1-4H3. The molecule has 0 aromatic heterocycles. The van der Waals surface area contributed by atoms with E-state index in [1.54, 1.807) is 12.1 Å². The number of fused-ring (bicyclic) bond motifs is 1. The fourth-order valence-electron chi connectivity index (χ4n) is 3.35. The number of hydrogen-bond acceptors (Lipinski definition) is 6. The summed E-state index contributed by atoms with van der Waals surface area (Å²) < 4.78 is 11.9. The predicted octanol–water partition coefficient (Wildman–Crippen LogP) is 4.25. The fraction of sp³-hybridized carbons (Fsp3) is 0.429. The summed E-state index contributed by atoms with van der Waals surface area (Å²) in [5, 5.41) is 31.7. The molecule has 150 valence electrons. The molecule has 0 aliphatic carbocycles. The van der Waals surface area contributed by atoms with Crippen molar-refractivity contribution in [3.8, 4) is 17.2 Å². The largest absolute Gasteiger partial charge is 0.508 e. The van der Waals surface area contributed by atoms with Gasteiger partial charge < -0.3 is 19.7 Å². The molecule has 1 heterocycles. The Balaban J connectivity index is 1.80. The van der Waals surface area contributed by atoms with Crippen molar-refractivity contribution in [1.29, 1.82) is 0 Å². The fourth-order valence-corrected chi connectivity index (χ4v) is 3.35. The SMILES string of the molecule is CC1(COc2ccc([N+](=O)[O-])cc2)CC(O)c2cc(O)c(C(C)(C)C)cc2O1. The minimum Gasteiger partial charge on any atom is -0.508 e. The maximum absolute atomic E-state index is 10.7. The number of nitro benzene ring substituents is 1. The van der Waals surface area contributed by atoms with Gasteiger partial charge in [-0.2, -0.15) is 0 Å². The van der Waals surface area contributed by atoms with Gasteiger partial charge in [-0.05, 0) is 36.6 Å². The zero-order valence-electron chi connectivity index (χ0n) is 16.4. The lowest BCUT2D eigenvalue weighted by molar-refractivity contribution is -0.384. The quantitative estimate of drug-likeness (QED) is 0.601. The summed E-state index contributed by atoms with van der Waals surface area (Å²) >= 11 is 0. The van der Waals surface area contributed by atoms with E-state index in [1.165, 1.54) is 24.3 Å². The Morgan fingerprint density at radius 3 is 2.50 bits per heavy atom. The molecular formula is C21H25NO6. The number of non-ortho nitro benzene ring substituents is 1. The maximum Gasteiger partial charge on any atom is 0.269 e. The van der Waals surface area contributed by atoms with Crippen molar-refractivity contribution in [3.05, 3.63) is 57.6 Å². The number of aromatic hydroxyl groups is 1. The topological polar surface area (TPSA) is 102 Å². The monoisotopic (exact) mass is 387 g/mol. The lowest BCUT2D eigenvalue weighted by Gasteiger charge is -2.38. The van der Waals surface area contributed by atoms with Crippen LogP contribution in [0.25, 0.3) is 0 Å². The summed E-state index contributed by atoms with van der Waals surface area (Å²) in [5.74, 6) is 1.15. The third-order valence-electron chi connectivity index (χ3n) is 4.87. The normalized spacial score (nSPS) is 21.5. The molecule has 0 spiro atoms. The number of benzene rings is 2. The first kappa shape index (κ1) is 19.9. The van der Waals surface area contributed by atoms with Crippen LogP contribution in [0.15, 0.2) is 36.4 Å². The molecule has 2 atom stereocenters. The van der Waals surface area contributed by atoms with Crippen molar-refractivity contribution in [1.82, 2.24) is 0 Å². The van der Waals surface area contributed by atoms with Gasteiger partial charge in [-0.15, -0.1) is 0 Å². The molecule has 0 saturated carbocycles. The predicted molar refractivity (Wildman–Crippen MR) is 104 cm³/mol. The number of aliphatic hydroxyl groups excluding tert-OH is 1. The van der Waals surface area contributed by atoms with Crippen LogP contribution in [-0.4, -0.2) is 27.3 Å². The number of ether oxygens (including phenoxy) is 2. The van der Waals surface area contributed by atoms with Gasteiger partial charge in [-0.1, -0.05) is 20.8 Å². The van der Waals surface area contributed by atoms with Crippen molar-refractivity contribution in [3.63, 3.8) is 0 Å². The Kier molecular flexibility index (Phi) is 4.97. The molecule has 2 unspecified atom stereocenters. The molecule has 1 aliphatic rings. The van der Waals surface area contributed by atoms with Crippen LogP contribution >= 0.6 is 0 Å². The Hall–Kier alpha value is -2.80. The highest BCUT2D eigenvalue weighted by molar-refractivity contribution is 5.50. The van der Waals surface area contributed by atoms with E-state index in [-0.39, 0.29) is 23.5 Å². The van der Waals surface area contributed by atoms with Crippen LogP contribution in [0.1, 0.15) is 51.3 Å². The highest BCUT2D eigenvalue weighted by Gasteiger charge is 2.39. The molecule has 3 rings (SSSR count). The Bertz CT molecular complexity index is 887. The molecule has 0 fully saturated rings. The molecule has 7 heteroatoms. The van der Waals surface area contributed by atoms with Crippen molar-refractivity contribution in [2.75, 3.05) is 6.61 Å². The van der Waals surface area contributed by atoms with E-state index in [9.17, 15) is 20.3 Å². The lowest BCUT2D eigenvalue weighted by Crippen LogP contribution is -2.43. The third-order valence-corrected chi connectivity index (χ3v) is 4.87. The zero-order chi connectivity index (χ0) is 20.7. The van der Waals surface area contributed by atoms with Gasteiger partial charge in [-0.25, -0.2) is 0 Å². The second-order valence-corrected chi connectivity index (χ2v) is 8.47. The highest BCUT2D eigenvalue weighted by Crippen LogP contribution is 2.45. The molecule has 7 nitrogen and oxygen atoms in total. The summed E-state index contributed by atoms with van der Waals surface area (Å²) in [6.07, 6.45) is -0.504. The molecule has 28 heavy (non-hydrogen) atoms. The van der Waals surface area contributed by atoms with E-state index in [0.717, 1.165) is 5.56 Å². The van der Waals surface area contributed by atoms with Crippen LogP contribution in [0, 0.1) is 10.1 Å². The van der Waals surface area contributed by atoms with Gasteiger partial charge >= 0.3 is 0 Å². The number of rotatable bonds is 4. The highest BCUT2D eigenvalue weighted by atomic mass is 16.6. The zero-order valence-corrected chi connectivity index (χ0v) is 16.4. The van der Waals surface area contributed by atoms with Gasteiger partial charge in [0.05, 0.1) is 11.0 Å².